The zero-order chi connectivity index (χ0) is 14.7. The molecule has 20 heavy (non-hydrogen) atoms. The second kappa shape index (κ2) is 5.60. The minimum Gasteiger partial charge on any atom is -0.300 e. The Morgan fingerprint density at radius 2 is 2.05 bits per heavy atom. The molecule has 98 valence electrons. The molecule has 0 bridgehead atoms. The van der Waals surface area contributed by atoms with Gasteiger partial charge in [0.25, 0.3) is 5.56 Å². The number of H-pyrrole nitrogens is 1. The van der Waals surface area contributed by atoms with Crippen molar-refractivity contribution in [3.05, 3.63) is 45.2 Å². The van der Waals surface area contributed by atoms with E-state index in [-0.39, 0.29) is 5.56 Å². The highest BCUT2D eigenvalue weighted by molar-refractivity contribution is 7.98. The molecule has 2 aromatic rings. The van der Waals surface area contributed by atoms with E-state index in [1.807, 2.05) is 19.1 Å². The number of nitrogens with one attached hydrogen (secondary N) is 1. The van der Waals surface area contributed by atoms with Gasteiger partial charge < -0.3 is 4.98 Å². The highest BCUT2D eigenvalue weighted by Gasteiger charge is 2.15. The average Bonchev–Trinajstić information content (AvgIpc) is 2.47. The Kier molecular flexibility index (Phi) is 3.88. The molecule has 1 aromatic heterocycles. The molecule has 0 fully saturated rings. The fraction of sp³-hybridized carbons (Fsp3) is 0.143. The van der Waals surface area contributed by atoms with Crippen LogP contribution in [0, 0.1) is 29.6 Å². The lowest BCUT2D eigenvalue weighted by atomic mass is 10.00. The molecule has 0 saturated heterocycles. The Labute approximate surface area is 119 Å². The van der Waals surface area contributed by atoms with Gasteiger partial charge in [0.2, 0.25) is 0 Å². The number of aryl methyl sites for hydroxylation is 1. The second-order valence-electron chi connectivity index (χ2n) is 4.05. The molecule has 1 N–H and O–H groups in total. The molecule has 1 aromatic carbocycles. The van der Waals surface area contributed by atoms with Crippen molar-refractivity contribution in [1.29, 1.82) is 10.5 Å². The molecule has 2 rings (SSSR count). The first kappa shape index (κ1) is 13.9. The van der Waals surface area contributed by atoms with Gasteiger partial charge in [-0.05, 0) is 30.9 Å². The summed E-state index contributed by atoms with van der Waals surface area (Å²) < 4.78 is 0. The van der Waals surface area contributed by atoms with Gasteiger partial charge in [0.1, 0.15) is 11.6 Å². The zero-order valence-corrected chi connectivity index (χ0v) is 11.7. The zero-order valence-electron chi connectivity index (χ0n) is 10.9. The normalized spacial score (nSPS) is 9.80. The standard InChI is InChI=1S/C14H10N4OS/c1-8-3-4-9(6-15)5-10(8)12-11(7-16)13(19)18-14(17-12)20-2/h3-5H,1-2H3,(H,17,18,19). The third kappa shape index (κ3) is 2.42. The van der Waals surface area contributed by atoms with Crippen molar-refractivity contribution in [3.8, 4) is 23.4 Å². The van der Waals surface area contributed by atoms with Crippen LogP contribution < -0.4 is 5.56 Å². The summed E-state index contributed by atoms with van der Waals surface area (Å²) >= 11 is 1.29. The summed E-state index contributed by atoms with van der Waals surface area (Å²) in [6.07, 6.45) is 1.78. The summed E-state index contributed by atoms with van der Waals surface area (Å²) in [4.78, 5) is 18.7. The molecule has 0 aliphatic carbocycles. The Hall–Kier alpha value is -2.57. The lowest BCUT2D eigenvalue weighted by Crippen LogP contribution is -2.15. The van der Waals surface area contributed by atoms with Gasteiger partial charge in [-0.2, -0.15) is 10.5 Å². The van der Waals surface area contributed by atoms with Crippen molar-refractivity contribution in [2.45, 2.75) is 12.1 Å². The van der Waals surface area contributed by atoms with E-state index in [1.165, 1.54) is 11.8 Å². The van der Waals surface area contributed by atoms with Crippen LogP contribution in [0.1, 0.15) is 16.7 Å². The van der Waals surface area contributed by atoms with Gasteiger partial charge in [0.15, 0.2) is 5.16 Å². The summed E-state index contributed by atoms with van der Waals surface area (Å²) in [5.41, 5.74) is 1.75. The van der Waals surface area contributed by atoms with Crippen LogP contribution in [-0.2, 0) is 0 Å². The van der Waals surface area contributed by atoms with Crippen molar-refractivity contribution in [2.24, 2.45) is 0 Å². The van der Waals surface area contributed by atoms with E-state index in [0.717, 1.165) is 5.56 Å². The van der Waals surface area contributed by atoms with Crippen molar-refractivity contribution in [1.82, 2.24) is 9.97 Å². The van der Waals surface area contributed by atoms with Gasteiger partial charge in [0.05, 0.1) is 17.3 Å². The van der Waals surface area contributed by atoms with E-state index in [0.29, 0.717) is 22.0 Å². The number of nitriles is 2. The number of hydrogen-bond donors (Lipinski definition) is 1. The first-order chi connectivity index (χ1) is 9.60. The highest BCUT2D eigenvalue weighted by atomic mass is 32.2. The van der Waals surface area contributed by atoms with Crippen molar-refractivity contribution in [2.75, 3.05) is 6.26 Å². The minimum absolute atomic E-state index is 0.0408. The van der Waals surface area contributed by atoms with Crippen molar-refractivity contribution in [3.63, 3.8) is 0 Å². The quantitative estimate of drug-likeness (QED) is 0.673. The molecule has 0 amide bonds. The van der Waals surface area contributed by atoms with Crippen LogP contribution in [0.2, 0.25) is 0 Å². The fourth-order valence-electron chi connectivity index (χ4n) is 1.79. The maximum Gasteiger partial charge on any atom is 0.270 e. The lowest BCUT2D eigenvalue weighted by Gasteiger charge is -2.08. The Morgan fingerprint density at radius 3 is 2.65 bits per heavy atom. The number of aromatic nitrogens is 2. The van der Waals surface area contributed by atoms with Crippen LogP contribution in [0.25, 0.3) is 11.3 Å². The Balaban J connectivity index is 2.82. The number of rotatable bonds is 2. The number of benzene rings is 1. The van der Waals surface area contributed by atoms with Crippen LogP contribution in [0.3, 0.4) is 0 Å². The first-order valence-electron chi connectivity index (χ1n) is 5.70. The van der Waals surface area contributed by atoms with Crippen LogP contribution in [0.4, 0.5) is 0 Å². The Bertz CT molecular complexity index is 811. The number of hydrogen-bond acceptors (Lipinski definition) is 5. The summed E-state index contributed by atoms with van der Waals surface area (Å²) in [6.45, 7) is 1.85. The topological polar surface area (TPSA) is 93.3 Å². The molecule has 6 heteroatoms. The van der Waals surface area contributed by atoms with Gasteiger partial charge in [-0.15, -0.1) is 0 Å². The molecule has 0 spiro atoms. The molecule has 0 aliphatic heterocycles. The maximum absolute atomic E-state index is 11.9. The Morgan fingerprint density at radius 1 is 1.30 bits per heavy atom. The van der Waals surface area contributed by atoms with E-state index in [4.69, 9.17) is 10.5 Å². The van der Waals surface area contributed by atoms with Gasteiger partial charge >= 0.3 is 0 Å². The predicted octanol–water partition coefficient (Wildman–Crippen LogP) is 2.21. The molecule has 0 atom stereocenters. The van der Waals surface area contributed by atoms with Gasteiger partial charge in [-0.25, -0.2) is 4.98 Å². The first-order valence-corrected chi connectivity index (χ1v) is 6.92. The van der Waals surface area contributed by atoms with E-state index in [2.05, 4.69) is 9.97 Å². The SMILES string of the molecule is CSc1nc(-c2cc(C#N)ccc2C)c(C#N)c(=O)[nH]1. The smallest absolute Gasteiger partial charge is 0.270 e. The highest BCUT2D eigenvalue weighted by Crippen LogP contribution is 2.25. The largest absolute Gasteiger partial charge is 0.300 e. The minimum atomic E-state index is -0.469. The maximum atomic E-state index is 11.9. The molecule has 0 aliphatic rings. The molecular weight excluding hydrogens is 272 g/mol. The van der Waals surface area contributed by atoms with E-state index in [9.17, 15) is 4.79 Å². The summed E-state index contributed by atoms with van der Waals surface area (Å²) in [6, 6.07) is 9.03. The van der Waals surface area contributed by atoms with Crippen molar-refractivity contribution >= 4 is 11.8 Å². The van der Waals surface area contributed by atoms with Gasteiger partial charge in [-0.3, -0.25) is 4.79 Å². The monoisotopic (exact) mass is 282 g/mol. The lowest BCUT2D eigenvalue weighted by molar-refractivity contribution is 0.936. The number of aromatic amines is 1. The van der Waals surface area contributed by atoms with Gasteiger partial charge in [-0.1, -0.05) is 17.8 Å². The van der Waals surface area contributed by atoms with Crippen LogP contribution in [-0.4, -0.2) is 16.2 Å². The molecule has 0 unspecified atom stereocenters. The van der Waals surface area contributed by atoms with Gasteiger partial charge in [0, 0.05) is 5.56 Å². The third-order valence-electron chi connectivity index (χ3n) is 2.82. The van der Waals surface area contributed by atoms with E-state index in [1.54, 1.807) is 24.5 Å². The van der Waals surface area contributed by atoms with Crippen molar-refractivity contribution < 1.29 is 0 Å². The molecule has 0 radical (unpaired) electrons. The van der Waals surface area contributed by atoms with Crippen LogP contribution >= 0.6 is 11.8 Å². The number of nitrogens with zero attached hydrogens (tertiary/aromatic N) is 3. The summed E-state index contributed by atoms with van der Waals surface area (Å²) in [7, 11) is 0. The number of thioether (sulfide) groups is 1. The molecular formula is C14H10N4OS. The molecule has 5 nitrogen and oxygen atoms in total. The summed E-state index contributed by atoms with van der Waals surface area (Å²) in [5, 5.41) is 18.6. The average molecular weight is 282 g/mol. The second-order valence-corrected chi connectivity index (χ2v) is 4.85. The third-order valence-corrected chi connectivity index (χ3v) is 3.40. The van der Waals surface area contributed by atoms with Crippen LogP contribution in [0.5, 0.6) is 0 Å². The molecule has 0 saturated carbocycles. The van der Waals surface area contributed by atoms with Crippen LogP contribution in [0.15, 0.2) is 28.2 Å². The fourth-order valence-corrected chi connectivity index (χ4v) is 2.17. The van der Waals surface area contributed by atoms with E-state index >= 15 is 0 Å². The summed E-state index contributed by atoms with van der Waals surface area (Å²) in [5.74, 6) is 0. The predicted molar refractivity (Wildman–Crippen MR) is 76.2 cm³/mol. The van der Waals surface area contributed by atoms with E-state index < -0.39 is 5.56 Å². The molecule has 1 heterocycles.